The average molecular weight is 683 g/mol. The van der Waals surface area contributed by atoms with Gasteiger partial charge in [-0.1, -0.05) is 170 Å². The summed E-state index contributed by atoms with van der Waals surface area (Å²) >= 11 is 3.81. The third-order valence-electron chi connectivity index (χ3n) is 11.0. The highest BCUT2D eigenvalue weighted by atomic mass is 32.1. The first kappa shape index (κ1) is 29.0. The van der Waals surface area contributed by atoms with E-state index in [1.165, 1.54) is 96.0 Å². The zero-order valence-electron chi connectivity index (χ0n) is 27.6. The lowest BCUT2D eigenvalue weighted by atomic mass is 9.64. The fourth-order valence-electron chi connectivity index (χ4n) is 8.97. The van der Waals surface area contributed by atoms with Gasteiger partial charge in [0.25, 0.3) is 0 Å². The molecule has 8 aromatic carbocycles. The predicted molar refractivity (Wildman–Crippen MR) is 220 cm³/mol. The van der Waals surface area contributed by atoms with Gasteiger partial charge in [-0.2, -0.15) is 0 Å². The van der Waals surface area contributed by atoms with Crippen LogP contribution in [0.5, 0.6) is 0 Å². The standard InChI is InChI=1S/C49H30S2/c1-7-25-41-31(15-1)32-16-2-8-26-42(32)49(41,43-27-9-3-17-33(43)37-21-13-23-39-35-19-5-11-29-45(35)50-47(37)39)44-28-10-4-18-34(44)38-22-14-24-40-36-20-6-12-30-46(36)51-48(38)40/h1-30H. The van der Waals surface area contributed by atoms with Gasteiger partial charge in [-0.3, -0.25) is 0 Å². The van der Waals surface area contributed by atoms with Crippen LogP contribution < -0.4 is 0 Å². The molecular formula is C49H30S2. The van der Waals surface area contributed by atoms with Gasteiger partial charge in [0.2, 0.25) is 0 Å². The second kappa shape index (κ2) is 11.1. The van der Waals surface area contributed by atoms with Crippen LogP contribution in [-0.4, -0.2) is 0 Å². The zero-order chi connectivity index (χ0) is 33.5. The monoisotopic (exact) mass is 682 g/mol. The molecule has 2 aromatic heterocycles. The molecule has 0 aliphatic heterocycles. The number of hydrogen-bond donors (Lipinski definition) is 0. The summed E-state index contributed by atoms with van der Waals surface area (Å²) in [4.78, 5) is 0. The van der Waals surface area contributed by atoms with Gasteiger partial charge in [0, 0.05) is 40.3 Å². The highest BCUT2D eigenvalue weighted by Crippen LogP contribution is 2.60. The molecule has 10 aromatic rings. The Hall–Kier alpha value is -5.80. The molecular weight excluding hydrogens is 653 g/mol. The summed E-state index contributed by atoms with van der Waals surface area (Å²) in [6, 6.07) is 68.1. The topological polar surface area (TPSA) is 0 Å². The lowest BCUT2D eigenvalue weighted by molar-refractivity contribution is 0.773. The van der Waals surface area contributed by atoms with Crippen molar-refractivity contribution in [3.05, 3.63) is 204 Å². The molecule has 0 nitrogen and oxygen atoms in total. The Labute approximate surface area is 304 Å². The van der Waals surface area contributed by atoms with Gasteiger partial charge in [0.05, 0.1) is 5.41 Å². The normalized spacial score (nSPS) is 13.3. The molecule has 2 heterocycles. The van der Waals surface area contributed by atoms with Crippen molar-refractivity contribution in [1.29, 1.82) is 0 Å². The first-order valence-electron chi connectivity index (χ1n) is 17.5. The highest BCUT2D eigenvalue weighted by Gasteiger charge is 2.48. The summed E-state index contributed by atoms with van der Waals surface area (Å²) in [7, 11) is 0. The van der Waals surface area contributed by atoms with E-state index in [1.807, 2.05) is 22.7 Å². The molecule has 0 atom stereocenters. The molecule has 1 aliphatic rings. The molecule has 0 radical (unpaired) electrons. The minimum absolute atomic E-state index is 0.571. The third-order valence-corrected chi connectivity index (χ3v) is 13.4. The Balaban J connectivity index is 1.29. The first-order chi connectivity index (χ1) is 25.3. The van der Waals surface area contributed by atoms with Crippen molar-refractivity contribution in [3.63, 3.8) is 0 Å². The summed E-state index contributed by atoms with van der Waals surface area (Å²) in [6.45, 7) is 0. The molecule has 51 heavy (non-hydrogen) atoms. The number of thiophene rings is 2. The Bertz CT molecular complexity index is 2790. The van der Waals surface area contributed by atoms with Crippen molar-refractivity contribution < 1.29 is 0 Å². The lowest BCUT2D eigenvalue weighted by Gasteiger charge is -2.37. The summed E-state index contributed by atoms with van der Waals surface area (Å²) in [5.74, 6) is 0. The van der Waals surface area contributed by atoms with Crippen molar-refractivity contribution in [2.45, 2.75) is 5.41 Å². The molecule has 0 saturated heterocycles. The Kier molecular flexibility index (Phi) is 6.31. The molecule has 0 saturated carbocycles. The summed E-state index contributed by atoms with van der Waals surface area (Å²) in [5.41, 5.74) is 12.4. The number of rotatable bonds is 4. The molecule has 238 valence electrons. The molecule has 0 N–H and O–H groups in total. The van der Waals surface area contributed by atoms with Gasteiger partial charge < -0.3 is 0 Å². The summed E-state index contributed by atoms with van der Waals surface area (Å²) in [6.07, 6.45) is 0. The van der Waals surface area contributed by atoms with E-state index in [0.717, 1.165) is 0 Å². The molecule has 0 spiro atoms. The van der Waals surface area contributed by atoms with Crippen molar-refractivity contribution in [2.24, 2.45) is 0 Å². The van der Waals surface area contributed by atoms with Crippen molar-refractivity contribution in [2.75, 3.05) is 0 Å². The van der Waals surface area contributed by atoms with Crippen molar-refractivity contribution >= 4 is 63.0 Å². The van der Waals surface area contributed by atoms with Crippen LogP contribution in [0.2, 0.25) is 0 Å². The van der Waals surface area contributed by atoms with Gasteiger partial charge in [0.1, 0.15) is 0 Å². The predicted octanol–water partition coefficient (Wildman–Crippen LogP) is 14.1. The fourth-order valence-corrected chi connectivity index (χ4v) is 11.4. The minimum atomic E-state index is -0.571. The third kappa shape index (κ3) is 4.00. The van der Waals surface area contributed by atoms with Gasteiger partial charge in [0.15, 0.2) is 0 Å². The second-order valence-electron chi connectivity index (χ2n) is 13.5. The van der Waals surface area contributed by atoms with Crippen LogP contribution in [0.4, 0.5) is 0 Å². The average Bonchev–Trinajstić information content (AvgIpc) is 3.87. The largest absolute Gasteiger partial charge is 0.135 e. The van der Waals surface area contributed by atoms with Crippen LogP contribution in [0.3, 0.4) is 0 Å². The van der Waals surface area contributed by atoms with E-state index in [4.69, 9.17) is 0 Å². The van der Waals surface area contributed by atoms with Crippen LogP contribution in [-0.2, 0) is 5.41 Å². The minimum Gasteiger partial charge on any atom is -0.135 e. The van der Waals surface area contributed by atoms with Crippen LogP contribution >= 0.6 is 22.7 Å². The SMILES string of the molecule is c1ccc2c(c1)-c1ccccc1C2(c1ccccc1-c1cccc2c1sc1ccccc12)c1ccccc1-c1cccc2c1sc1ccccc12. The van der Waals surface area contributed by atoms with Crippen LogP contribution in [0.25, 0.3) is 73.7 Å². The van der Waals surface area contributed by atoms with E-state index in [0.29, 0.717) is 0 Å². The van der Waals surface area contributed by atoms with Gasteiger partial charge in [-0.05, 0) is 67.8 Å². The molecule has 0 fully saturated rings. The van der Waals surface area contributed by atoms with E-state index in [9.17, 15) is 0 Å². The van der Waals surface area contributed by atoms with Gasteiger partial charge in [-0.25, -0.2) is 0 Å². The Morgan fingerprint density at radius 1 is 0.255 bits per heavy atom. The molecule has 0 amide bonds. The maximum absolute atomic E-state index is 2.40. The summed E-state index contributed by atoms with van der Waals surface area (Å²) in [5, 5.41) is 5.29. The van der Waals surface area contributed by atoms with Gasteiger partial charge >= 0.3 is 0 Å². The molecule has 11 rings (SSSR count). The smallest absolute Gasteiger partial charge is 0.0725 e. The molecule has 2 heteroatoms. The van der Waals surface area contributed by atoms with Crippen LogP contribution in [0.1, 0.15) is 22.3 Å². The highest BCUT2D eigenvalue weighted by molar-refractivity contribution is 7.26. The Morgan fingerprint density at radius 2 is 0.549 bits per heavy atom. The lowest BCUT2D eigenvalue weighted by Crippen LogP contribution is -2.30. The van der Waals surface area contributed by atoms with Crippen molar-refractivity contribution in [1.82, 2.24) is 0 Å². The zero-order valence-corrected chi connectivity index (χ0v) is 29.3. The second-order valence-corrected chi connectivity index (χ2v) is 15.6. The fraction of sp³-hybridized carbons (Fsp3) is 0.0204. The summed E-state index contributed by atoms with van der Waals surface area (Å²) < 4.78 is 5.32. The number of benzene rings is 8. The Morgan fingerprint density at radius 3 is 0.961 bits per heavy atom. The van der Waals surface area contributed by atoms with Crippen LogP contribution in [0.15, 0.2) is 182 Å². The molecule has 1 aliphatic carbocycles. The van der Waals surface area contributed by atoms with E-state index >= 15 is 0 Å². The van der Waals surface area contributed by atoms with Gasteiger partial charge in [-0.15, -0.1) is 22.7 Å². The van der Waals surface area contributed by atoms with E-state index in [1.54, 1.807) is 0 Å². The quantitative estimate of drug-likeness (QED) is 0.173. The first-order valence-corrected chi connectivity index (χ1v) is 19.2. The number of fused-ring (bicyclic) bond motifs is 9. The van der Waals surface area contributed by atoms with Crippen molar-refractivity contribution in [3.8, 4) is 33.4 Å². The molecule has 0 unspecified atom stereocenters. The van der Waals surface area contributed by atoms with E-state index in [-0.39, 0.29) is 0 Å². The maximum Gasteiger partial charge on any atom is 0.0725 e. The van der Waals surface area contributed by atoms with Crippen LogP contribution in [0, 0.1) is 0 Å². The van der Waals surface area contributed by atoms with E-state index < -0.39 is 5.41 Å². The number of hydrogen-bond acceptors (Lipinski definition) is 2. The van der Waals surface area contributed by atoms with E-state index in [2.05, 4.69) is 182 Å². The molecule has 0 bridgehead atoms. The maximum atomic E-state index is 2.40.